The van der Waals surface area contributed by atoms with Crippen molar-refractivity contribution in [3.05, 3.63) is 57.3 Å². The maximum Gasteiger partial charge on any atom is 0.265 e. The Balaban J connectivity index is 2.46. The van der Waals surface area contributed by atoms with Crippen LogP contribution in [0.15, 0.2) is 35.1 Å². The number of nitrogens with zero attached hydrogens (tertiary/aromatic N) is 2. The Hall–Kier alpha value is -2.18. The molecule has 0 aliphatic carbocycles. The van der Waals surface area contributed by atoms with Crippen LogP contribution in [0.1, 0.15) is 18.7 Å². The third kappa shape index (κ3) is 2.22. The van der Waals surface area contributed by atoms with E-state index in [2.05, 4.69) is 10.2 Å². The number of pyridine rings is 1. The number of nitrogens with one attached hydrogen (secondary N) is 1. The van der Waals surface area contributed by atoms with E-state index in [0.717, 1.165) is 6.07 Å². The molecule has 0 aliphatic rings. The first kappa shape index (κ1) is 13.8. The van der Waals surface area contributed by atoms with E-state index >= 15 is 0 Å². The standard InChI is InChI=1S/C14H12ClFN4O/c1-7(17)10-5-8-3-2-4-9(15)13(8)14(21)20(10)12-6-11(16)18-19-12/h2-7H,17H2,1H3,(H,18,19)/t7-/m0/s1. The van der Waals surface area contributed by atoms with Crippen molar-refractivity contribution in [1.29, 1.82) is 0 Å². The zero-order chi connectivity index (χ0) is 15.1. The Kier molecular flexibility index (Phi) is 3.27. The first-order valence-electron chi connectivity index (χ1n) is 6.30. The minimum Gasteiger partial charge on any atom is -0.323 e. The van der Waals surface area contributed by atoms with Crippen LogP contribution in [-0.4, -0.2) is 14.8 Å². The summed E-state index contributed by atoms with van der Waals surface area (Å²) in [6.07, 6.45) is 0. The molecule has 2 aromatic heterocycles. The number of aromatic amines is 1. The molecule has 0 saturated carbocycles. The number of hydrogen-bond acceptors (Lipinski definition) is 3. The van der Waals surface area contributed by atoms with E-state index in [1.165, 1.54) is 4.57 Å². The van der Waals surface area contributed by atoms with E-state index in [9.17, 15) is 9.18 Å². The van der Waals surface area contributed by atoms with Crippen LogP contribution in [0, 0.1) is 5.95 Å². The minimum absolute atomic E-state index is 0.145. The SMILES string of the molecule is C[C@H](N)c1cc2cccc(Cl)c2c(=O)n1-c1cc(F)[nH]n1. The highest BCUT2D eigenvalue weighted by Gasteiger charge is 2.17. The van der Waals surface area contributed by atoms with Crippen LogP contribution >= 0.6 is 11.6 Å². The second-order valence-electron chi connectivity index (χ2n) is 4.78. The van der Waals surface area contributed by atoms with Crippen LogP contribution in [0.3, 0.4) is 0 Å². The molecular formula is C14H12ClFN4O. The Bertz CT molecular complexity index is 884. The fraction of sp³-hybridized carbons (Fsp3) is 0.143. The second kappa shape index (κ2) is 4.98. The number of hydrogen-bond donors (Lipinski definition) is 2. The topological polar surface area (TPSA) is 76.7 Å². The summed E-state index contributed by atoms with van der Waals surface area (Å²) in [5.74, 6) is -0.488. The van der Waals surface area contributed by atoms with Crippen molar-refractivity contribution in [2.24, 2.45) is 5.73 Å². The monoisotopic (exact) mass is 306 g/mol. The van der Waals surface area contributed by atoms with Crippen LogP contribution in [0.2, 0.25) is 5.02 Å². The summed E-state index contributed by atoms with van der Waals surface area (Å²) in [5, 5.41) is 7.34. The van der Waals surface area contributed by atoms with Crippen molar-refractivity contribution in [3.63, 3.8) is 0 Å². The summed E-state index contributed by atoms with van der Waals surface area (Å²) in [6, 6.07) is 7.64. The van der Waals surface area contributed by atoms with E-state index in [0.29, 0.717) is 21.5 Å². The highest BCUT2D eigenvalue weighted by Crippen LogP contribution is 2.24. The van der Waals surface area contributed by atoms with Gasteiger partial charge >= 0.3 is 0 Å². The van der Waals surface area contributed by atoms with Gasteiger partial charge in [0, 0.05) is 17.8 Å². The Morgan fingerprint density at radius 1 is 1.43 bits per heavy atom. The number of fused-ring (bicyclic) bond motifs is 1. The lowest BCUT2D eigenvalue weighted by molar-refractivity contribution is 0.579. The zero-order valence-electron chi connectivity index (χ0n) is 11.1. The number of nitrogens with two attached hydrogens (primary N) is 1. The lowest BCUT2D eigenvalue weighted by Gasteiger charge is -2.15. The molecule has 1 aromatic carbocycles. The first-order valence-corrected chi connectivity index (χ1v) is 6.68. The van der Waals surface area contributed by atoms with Gasteiger partial charge in [0.05, 0.1) is 10.4 Å². The molecular weight excluding hydrogens is 295 g/mol. The largest absolute Gasteiger partial charge is 0.323 e. The molecule has 5 nitrogen and oxygen atoms in total. The van der Waals surface area contributed by atoms with Gasteiger partial charge in [0.1, 0.15) is 0 Å². The molecule has 0 saturated heterocycles. The summed E-state index contributed by atoms with van der Waals surface area (Å²) in [7, 11) is 0. The highest BCUT2D eigenvalue weighted by molar-refractivity contribution is 6.35. The molecule has 0 spiro atoms. The maximum atomic E-state index is 13.2. The van der Waals surface area contributed by atoms with Gasteiger partial charge in [-0.2, -0.15) is 9.49 Å². The molecule has 0 unspecified atom stereocenters. The van der Waals surface area contributed by atoms with Crippen LogP contribution in [-0.2, 0) is 0 Å². The molecule has 3 rings (SSSR count). The van der Waals surface area contributed by atoms with Gasteiger partial charge in [0.25, 0.3) is 5.56 Å². The van der Waals surface area contributed by atoms with Crippen LogP contribution in [0.25, 0.3) is 16.6 Å². The van der Waals surface area contributed by atoms with Crippen LogP contribution < -0.4 is 11.3 Å². The average Bonchev–Trinajstić information content (AvgIpc) is 2.84. The number of rotatable bonds is 2. The van der Waals surface area contributed by atoms with E-state index in [-0.39, 0.29) is 11.4 Å². The van der Waals surface area contributed by atoms with Gasteiger partial charge in [-0.05, 0) is 24.4 Å². The summed E-state index contributed by atoms with van der Waals surface area (Å²) < 4.78 is 14.5. The Labute approximate surface area is 124 Å². The van der Waals surface area contributed by atoms with Crippen LogP contribution in [0.5, 0.6) is 0 Å². The first-order chi connectivity index (χ1) is 9.99. The lowest BCUT2D eigenvalue weighted by atomic mass is 10.1. The van der Waals surface area contributed by atoms with E-state index in [1.54, 1.807) is 31.2 Å². The number of halogens is 2. The lowest BCUT2D eigenvalue weighted by Crippen LogP contribution is -2.26. The number of aromatic nitrogens is 3. The van der Waals surface area contributed by atoms with Crippen molar-refractivity contribution in [2.75, 3.05) is 0 Å². The zero-order valence-corrected chi connectivity index (χ0v) is 11.9. The van der Waals surface area contributed by atoms with Crippen molar-refractivity contribution < 1.29 is 4.39 Å². The average molecular weight is 307 g/mol. The smallest absolute Gasteiger partial charge is 0.265 e. The normalized spacial score (nSPS) is 12.8. The van der Waals surface area contributed by atoms with Crippen molar-refractivity contribution in [2.45, 2.75) is 13.0 Å². The molecule has 3 aromatic rings. The minimum atomic E-state index is -0.633. The van der Waals surface area contributed by atoms with E-state index in [4.69, 9.17) is 17.3 Å². The fourth-order valence-electron chi connectivity index (χ4n) is 2.31. The molecule has 0 amide bonds. The van der Waals surface area contributed by atoms with E-state index in [1.807, 2.05) is 0 Å². The van der Waals surface area contributed by atoms with Gasteiger partial charge in [-0.25, -0.2) is 0 Å². The van der Waals surface area contributed by atoms with Gasteiger partial charge in [0.2, 0.25) is 5.95 Å². The summed E-state index contributed by atoms with van der Waals surface area (Å²) in [6.45, 7) is 1.74. The summed E-state index contributed by atoms with van der Waals surface area (Å²) >= 11 is 6.11. The Morgan fingerprint density at radius 3 is 2.81 bits per heavy atom. The molecule has 1 atom stereocenters. The van der Waals surface area contributed by atoms with Crippen molar-refractivity contribution in [3.8, 4) is 5.82 Å². The molecule has 0 aliphatic heterocycles. The predicted molar refractivity (Wildman–Crippen MR) is 79.3 cm³/mol. The molecule has 0 fully saturated rings. The van der Waals surface area contributed by atoms with E-state index < -0.39 is 12.0 Å². The molecule has 7 heteroatoms. The van der Waals surface area contributed by atoms with Crippen LogP contribution in [0.4, 0.5) is 4.39 Å². The van der Waals surface area contributed by atoms with Gasteiger partial charge in [0.15, 0.2) is 5.82 Å². The second-order valence-corrected chi connectivity index (χ2v) is 5.18. The molecule has 0 bridgehead atoms. The van der Waals surface area contributed by atoms with Crippen molar-refractivity contribution >= 4 is 22.4 Å². The summed E-state index contributed by atoms with van der Waals surface area (Å²) in [5.41, 5.74) is 6.08. The molecule has 3 N–H and O–H groups in total. The third-order valence-corrected chi connectivity index (χ3v) is 3.57. The molecule has 0 radical (unpaired) electrons. The number of H-pyrrole nitrogens is 1. The highest BCUT2D eigenvalue weighted by atomic mass is 35.5. The predicted octanol–water partition coefficient (Wildman–Crippen LogP) is 2.53. The van der Waals surface area contributed by atoms with Crippen molar-refractivity contribution in [1.82, 2.24) is 14.8 Å². The molecule has 21 heavy (non-hydrogen) atoms. The van der Waals surface area contributed by atoms with Gasteiger partial charge in [-0.3, -0.25) is 14.5 Å². The maximum absolute atomic E-state index is 13.2. The number of benzene rings is 1. The van der Waals surface area contributed by atoms with Gasteiger partial charge in [-0.15, -0.1) is 0 Å². The third-order valence-electron chi connectivity index (χ3n) is 3.25. The molecule has 108 valence electrons. The van der Waals surface area contributed by atoms with Gasteiger partial charge < -0.3 is 5.73 Å². The summed E-state index contributed by atoms with van der Waals surface area (Å²) in [4.78, 5) is 12.7. The van der Waals surface area contributed by atoms with Gasteiger partial charge in [-0.1, -0.05) is 23.7 Å². The Morgan fingerprint density at radius 2 is 2.19 bits per heavy atom. The molecule has 2 heterocycles. The fourth-order valence-corrected chi connectivity index (χ4v) is 2.58. The quantitative estimate of drug-likeness (QED) is 0.764.